The van der Waals surface area contributed by atoms with Gasteiger partial charge in [-0.2, -0.15) is 0 Å². The van der Waals surface area contributed by atoms with Crippen LogP contribution in [0.1, 0.15) is 46.6 Å². The lowest BCUT2D eigenvalue weighted by Gasteiger charge is -2.27. The first kappa shape index (κ1) is 15.0. The minimum atomic E-state index is -0.184. The van der Waals surface area contributed by atoms with E-state index in [2.05, 4.69) is 64.2 Å². The zero-order chi connectivity index (χ0) is 13.8. The van der Waals surface area contributed by atoms with E-state index in [9.17, 15) is 0 Å². The van der Waals surface area contributed by atoms with Crippen molar-refractivity contribution in [3.8, 4) is 5.75 Å². The van der Waals surface area contributed by atoms with Crippen molar-refractivity contribution >= 4 is 0 Å². The van der Waals surface area contributed by atoms with Gasteiger partial charge >= 0.3 is 0 Å². The lowest BCUT2D eigenvalue weighted by atomic mass is 9.82. The summed E-state index contributed by atoms with van der Waals surface area (Å²) in [6, 6.07) is 8.50. The Morgan fingerprint density at radius 2 is 1.61 bits per heavy atom. The van der Waals surface area contributed by atoms with Gasteiger partial charge in [0, 0.05) is 6.54 Å². The largest absolute Gasteiger partial charge is 0.487 e. The molecule has 1 rings (SSSR count). The van der Waals surface area contributed by atoms with E-state index >= 15 is 0 Å². The standard InChI is InChI=1S/C16H27NO/c1-7-15(2,3)13-8-10-14(11-9-13)18-16(4,5)12-17-6/h8-11,17H,7,12H2,1-6H3. The predicted molar refractivity (Wildman–Crippen MR) is 78.4 cm³/mol. The van der Waals surface area contributed by atoms with Crippen LogP contribution in [0.15, 0.2) is 24.3 Å². The van der Waals surface area contributed by atoms with Crippen LogP contribution in [0.5, 0.6) is 5.75 Å². The lowest BCUT2D eigenvalue weighted by molar-refractivity contribution is 0.110. The average molecular weight is 249 g/mol. The number of hydrogen-bond acceptors (Lipinski definition) is 2. The zero-order valence-electron chi connectivity index (χ0n) is 12.6. The Labute approximate surface area is 112 Å². The third-order valence-corrected chi connectivity index (χ3v) is 3.52. The first-order valence-electron chi connectivity index (χ1n) is 6.75. The summed E-state index contributed by atoms with van der Waals surface area (Å²) in [6.45, 7) is 11.8. The first-order chi connectivity index (χ1) is 8.30. The average Bonchev–Trinajstić information content (AvgIpc) is 2.29. The molecule has 0 radical (unpaired) electrons. The second kappa shape index (κ2) is 5.75. The van der Waals surface area contributed by atoms with Crippen molar-refractivity contribution in [2.45, 2.75) is 52.1 Å². The van der Waals surface area contributed by atoms with Gasteiger partial charge in [-0.25, -0.2) is 0 Å². The molecule has 0 amide bonds. The Hall–Kier alpha value is -1.02. The molecule has 0 fully saturated rings. The van der Waals surface area contributed by atoms with Gasteiger partial charge in [0.2, 0.25) is 0 Å². The molecule has 0 spiro atoms. The smallest absolute Gasteiger partial charge is 0.120 e. The molecule has 0 aliphatic heterocycles. The van der Waals surface area contributed by atoms with Gasteiger partial charge in [-0.05, 0) is 50.4 Å². The van der Waals surface area contributed by atoms with E-state index in [-0.39, 0.29) is 11.0 Å². The maximum Gasteiger partial charge on any atom is 0.120 e. The summed E-state index contributed by atoms with van der Waals surface area (Å²) >= 11 is 0. The molecule has 2 heteroatoms. The van der Waals surface area contributed by atoms with Crippen LogP contribution in [0, 0.1) is 0 Å². The van der Waals surface area contributed by atoms with Gasteiger partial charge in [0.1, 0.15) is 11.4 Å². The summed E-state index contributed by atoms with van der Waals surface area (Å²) in [5.74, 6) is 0.936. The number of hydrogen-bond donors (Lipinski definition) is 1. The van der Waals surface area contributed by atoms with E-state index in [0.717, 1.165) is 18.7 Å². The summed E-state index contributed by atoms with van der Waals surface area (Å²) in [5.41, 5.74) is 1.42. The first-order valence-corrected chi connectivity index (χ1v) is 6.75. The highest BCUT2D eigenvalue weighted by Gasteiger charge is 2.20. The zero-order valence-corrected chi connectivity index (χ0v) is 12.6. The fourth-order valence-corrected chi connectivity index (χ4v) is 1.96. The summed E-state index contributed by atoms with van der Waals surface area (Å²) in [7, 11) is 1.94. The van der Waals surface area contributed by atoms with Crippen molar-refractivity contribution in [3.05, 3.63) is 29.8 Å². The number of rotatable bonds is 6. The molecule has 0 atom stereocenters. The van der Waals surface area contributed by atoms with E-state index in [1.807, 2.05) is 7.05 Å². The molecule has 0 aliphatic rings. The number of nitrogens with one attached hydrogen (secondary N) is 1. The van der Waals surface area contributed by atoms with Crippen LogP contribution in [0.4, 0.5) is 0 Å². The SMILES string of the molecule is CCC(C)(C)c1ccc(OC(C)(C)CNC)cc1. The van der Waals surface area contributed by atoms with Crippen LogP contribution in [0.25, 0.3) is 0 Å². The Bertz CT molecular complexity index is 365. The highest BCUT2D eigenvalue weighted by molar-refractivity contribution is 5.31. The Balaban J connectivity index is 2.78. The molecule has 0 saturated heterocycles. The summed E-state index contributed by atoms with van der Waals surface area (Å²) < 4.78 is 5.98. The van der Waals surface area contributed by atoms with Crippen molar-refractivity contribution in [2.75, 3.05) is 13.6 Å². The van der Waals surface area contributed by atoms with Crippen LogP contribution < -0.4 is 10.1 Å². The van der Waals surface area contributed by atoms with E-state index in [1.165, 1.54) is 5.56 Å². The quantitative estimate of drug-likeness (QED) is 0.829. The molecule has 0 bridgehead atoms. The van der Waals surface area contributed by atoms with Gasteiger partial charge in [0.05, 0.1) is 0 Å². The van der Waals surface area contributed by atoms with Gasteiger partial charge < -0.3 is 10.1 Å². The lowest BCUT2D eigenvalue weighted by Crippen LogP contribution is -2.38. The van der Waals surface area contributed by atoms with Crippen molar-refractivity contribution in [3.63, 3.8) is 0 Å². The molecule has 102 valence electrons. The van der Waals surface area contributed by atoms with Crippen LogP contribution in [0.2, 0.25) is 0 Å². The van der Waals surface area contributed by atoms with Crippen molar-refractivity contribution in [1.82, 2.24) is 5.32 Å². The fraction of sp³-hybridized carbons (Fsp3) is 0.625. The van der Waals surface area contributed by atoms with Crippen LogP contribution in [-0.2, 0) is 5.41 Å². The van der Waals surface area contributed by atoms with Gasteiger partial charge in [-0.1, -0.05) is 32.9 Å². The fourth-order valence-electron chi connectivity index (χ4n) is 1.96. The normalized spacial score (nSPS) is 12.6. The maximum absolute atomic E-state index is 5.98. The Morgan fingerprint density at radius 3 is 2.06 bits per heavy atom. The molecule has 1 aromatic rings. The number of likely N-dealkylation sites (N-methyl/N-ethyl adjacent to an activating group) is 1. The third kappa shape index (κ3) is 4.02. The Kier molecular flexibility index (Phi) is 4.80. The van der Waals surface area contributed by atoms with Crippen LogP contribution in [-0.4, -0.2) is 19.2 Å². The minimum absolute atomic E-state index is 0.184. The molecule has 0 aromatic heterocycles. The molecule has 1 aromatic carbocycles. The second-order valence-electron chi connectivity index (χ2n) is 6.15. The molecule has 0 saturated carbocycles. The molecule has 0 heterocycles. The number of ether oxygens (including phenoxy) is 1. The van der Waals surface area contributed by atoms with Crippen molar-refractivity contribution in [2.24, 2.45) is 0 Å². The van der Waals surface area contributed by atoms with E-state index < -0.39 is 0 Å². The van der Waals surface area contributed by atoms with E-state index in [0.29, 0.717) is 0 Å². The predicted octanol–water partition coefficient (Wildman–Crippen LogP) is 3.75. The van der Waals surface area contributed by atoms with Crippen LogP contribution >= 0.6 is 0 Å². The van der Waals surface area contributed by atoms with Crippen molar-refractivity contribution < 1.29 is 4.74 Å². The van der Waals surface area contributed by atoms with Crippen molar-refractivity contribution in [1.29, 1.82) is 0 Å². The molecule has 18 heavy (non-hydrogen) atoms. The second-order valence-corrected chi connectivity index (χ2v) is 6.15. The number of benzene rings is 1. The maximum atomic E-state index is 5.98. The summed E-state index contributed by atoms with van der Waals surface area (Å²) in [6.07, 6.45) is 1.14. The molecule has 0 aliphatic carbocycles. The molecular formula is C16H27NO. The van der Waals surface area contributed by atoms with Gasteiger partial charge in [-0.3, -0.25) is 0 Å². The van der Waals surface area contributed by atoms with Gasteiger partial charge in [0.15, 0.2) is 0 Å². The highest BCUT2D eigenvalue weighted by Crippen LogP contribution is 2.28. The molecule has 1 N–H and O–H groups in total. The Morgan fingerprint density at radius 1 is 1.06 bits per heavy atom. The third-order valence-electron chi connectivity index (χ3n) is 3.52. The topological polar surface area (TPSA) is 21.3 Å². The highest BCUT2D eigenvalue weighted by atomic mass is 16.5. The monoisotopic (exact) mass is 249 g/mol. The summed E-state index contributed by atoms with van der Waals surface area (Å²) in [5, 5.41) is 3.15. The molecular weight excluding hydrogens is 222 g/mol. The molecule has 2 nitrogen and oxygen atoms in total. The molecule has 0 unspecified atom stereocenters. The van der Waals surface area contributed by atoms with Crippen LogP contribution in [0.3, 0.4) is 0 Å². The van der Waals surface area contributed by atoms with E-state index in [4.69, 9.17) is 4.74 Å². The van der Waals surface area contributed by atoms with Gasteiger partial charge in [0.25, 0.3) is 0 Å². The summed E-state index contributed by atoms with van der Waals surface area (Å²) in [4.78, 5) is 0. The minimum Gasteiger partial charge on any atom is -0.487 e. The van der Waals surface area contributed by atoms with Gasteiger partial charge in [-0.15, -0.1) is 0 Å². The van der Waals surface area contributed by atoms with E-state index in [1.54, 1.807) is 0 Å².